The molecule has 0 saturated carbocycles. The topological polar surface area (TPSA) is 39.2 Å². The summed E-state index contributed by atoms with van der Waals surface area (Å²) in [5.74, 6) is -0.414. The number of aldehydes is 1. The van der Waals surface area contributed by atoms with Gasteiger partial charge in [0.2, 0.25) is 0 Å². The highest BCUT2D eigenvalue weighted by molar-refractivity contribution is 6.32. The molecule has 22 heavy (non-hydrogen) atoms. The lowest BCUT2D eigenvalue weighted by atomic mass is 10.1. The van der Waals surface area contributed by atoms with Gasteiger partial charge in [-0.3, -0.25) is 4.79 Å². The molecule has 3 aromatic rings. The fourth-order valence-electron chi connectivity index (χ4n) is 2.10. The maximum atomic E-state index is 14.1. The van der Waals surface area contributed by atoms with Crippen LogP contribution in [0.1, 0.15) is 15.9 Å². The highest BCUT2D eigenvalue weighted by Gasteiger charge is 2.10. The zero-order valence-corrected chi connectivity index (χ0v) is 12.2. The maximum Gasteiger partial charge on any atom is 0.167 e. The fraction of sp³-hybridized carbons (Fsp3) is 0.0588. The molecular weight excluding hydrogens is 305 g/mol. The zero-order valence-electron chi connectivity index (χ0n) is 11.4. The monoisotopic (exact) mass is 315 g/mol. The van der Waals surface area contributed by atoms with Crippen LogP contribution in [0.4, 0.5) is 4.39 Å². The van der Waals surface area contributed by atoms with Crippen molar-refractivity contribution < 1.29 is 13.9 Å². The van der Waals surface area contributed by atoms with Gasteiger partial charge < -0.3 is 4.74 Å². The van der Waals surface area contributed by atoms with E-state index in [9.17, 15) is 9.18 Å². The predicted molar refractivity (Wildman–Crippen MR) is 82.9 cm³/mol. The standard InChI is InChI=1S/C17H11ClFNO2/c18-17-13(9-21)6-12-7-16(14(19)8-15(12)20-17)22-10-11-4-2-1-3-5-11/h1-9H,10H2. The molecule has 0 N–H and O–H groups in total. The van der Waals surface area contributed by atoms with E-state index in [2.05, 4.69) is 4.98 Å². The lowest BCUT2D eigenvalue weighted by Gasteiger charge is -2.09. The molecule has 0 aliphatic carbocycles. The van der Waals surface area contributed by atoms with Crippen molar-refractivity contribution in [3.05, 3.63) is 70.6 Å². The molecule has 0 aliphatic heterocycles. The zero-order chi connectivity index (χ0) is 15.5. The number of hydrogen-bond acceptors (Lipinski definition) is 3. The molecule has 0 saturated heterocycles. The number of fused-ring (bicyclic) bond motifs is 1. The SMILES string of the molecule is O=Cc1cc2cc(OCc3ccccc3)c(F)cc2nc1Cl. The van der Waals surface area contributed by atoms with Crippen molar-refractivity contribution in [3.63, 3.8) is 0 Å². The number of aromatic nitrogens is 1. The van der Waals surface area contributed by atoms with Gasteiger partial charge >= 0.3 is 0 Å². The number of benzene rings is 2. The highest BCUT2D eigenvalue weighted by Crippen LogP contribution is 2.27. The largest absolute Gasteiger partial charge is 0.486 e. The molecule has 0 fully saturated rings. The van der Waals surface area contributed by atoms with Crippen LogP contribution in [0.15, 0.2) is 48.5 Å². The number of carbonyl (C=O) groups excluding carboxylic acids is 1. The summed E-state index contributed by atoms with van der Waals surface area (Å²) in [6.07, 6.45) is 0.614. The van der Waals surface area contributed by atoms with E-state index in [0.29, 0.717) is 17.2 Å². The Morgan fingerprint density at radius 3 is 2.68 bits per heavy atom. The number of carbonyl (C=O) groups is 1. The minimum absolute atomic E-state index is 0.0554. The molecule has 0 amide bonds. The normalized spacial score (nSPS) is 10.6. The first-order valence-electron chi connectivity index (χ1n) is 6.59. The van der Waals surface area contributed by atoms with Crippen LogP contribution in [0.5, 0.6) is 5.75 Å². The van der Waals surface area contributed by atoms with Crippen LogP contribution < -0.4 is 4.74 Å². The quantitative estimate of drug-likeness (QED) is 0.528. The molecule has 1 heterocycles. The van der Waals surface area contributed by atoms with Crippen molar-refractivity contribution in [2.24, 2.45) is 0 Å². The second-order valence-electron chi connectivity index (χ2n) is 4.74. The van der Waals surface area contributed by atoms with Crippen molar-refractivity contribution in [2.45, 2.75) is 6.61 Å². The maximum absolute atomic E-state index is 14.1. The van der Waals surface area contributed by atoms with E-state index >= 15 is 0 Å². The molecule has 0 radical (unpaired) electrons. The van der Waals surface area contributed by atoms with Crippen LogP contribution in [0.3, 0.4) is 0 Å². The Labute approximate surface area is 131 Å². The van der Waals surface area contributed by atoms with Gasteiger partial charge in [0.15, 0.2) is 17.9 Å². The minimum Gasteiger partial charge on any atom is -0.486 e. The smallest absolute Gasteiger partial charge is 0.167 e. The second kappa shape index (κ2) is 6.12. The number of ether oxygens (including phenoxy) is 1. The number of pyridine rings is 1. The van der Waals surface area contributed by atoms with E-state index < -0.39 is 5.82 Å². The van der Waals surface area contributed by atoms with Crippen LogP contribution in [0.2, 0.25) is 5.15 Å². The number of halogens is 2. The Morgan fingerprint density at radius 2 is 1.95 bits per heavy atom. The molecular formula is C17H11ClFNO2. The van der Waals surface area contributed by atoms with E-state index in [1.807, 2.05) is 30.3 Å². The average Bonchev–Trinajstić information content (AvgIpc) is 2.53. The van der Waals surface area contributed by atoms with Crippen LogP contribution in [0, 0.1) is 5.82 Å². The van der Waals surface area contributed by atoms with Crippen molar-refractivity contribution in [2.75, 3.05) is 0 Å². The molecule has 0 bridgehead atoms. The van der Waals surface area contributed by atoms with Gasteiger partial charge in [0.05, 0.1) is 11.1 Å². The van der Waals surface area contributed by atoms with Crippen molar-refractivity contribution in [3.8, 4) is 5.75 Å². The molecule has 0 unspecified atom stereocenters. The molecule has 5 heteroatoms. The average molecular weight is 316 g/mol. The van der Waals surface area contributed by atoms with Crippen molar-refractivity contribution in [1.82, 2.24) is 4.98 Å². The third-order valence-electron chi connectivity index (χ3n) is 3.21. The van der Waals surface area contributed by atoms with Gasteiger partial charge in [-0.15, -0.1) is 0 Å². The molecule has 3 rings (SSSR count). The van der Waals surface area contributed by atoms with Crippen molar-refractivity contribution >= 4 is 28.8 Å². The first-order chi connectivity index (χ1) is 10.7. The summed E-state index contributed by atoms with van der Waals surface area (Å²) in [6.45, 7) is 0.255. The Hall–Kier alpha value is -2.46. The first-order valence-corrected chi connectivity index (χ1v) is 6.97. The molecule has 0 spiro atoms. The van der Waals surface area contributed by atoms with E-state index in [4.69, 9.17) is 16.3 Å². The van der Waals surface area contributed by atoms with Gasteiger partial charge in [-0.2, -0.15) is 0 Å². The lowest BCUT2D eigenvalue weighted by Crippen LogP contribution is -1.98. The molecule has 0 aliphatic rings. The van der Waals surface area contributed by atoms with Gasteiger partial charge in [0.1, 0.15) is 11.8 Å². The summed E-state index contributed by atoms with van der Waals surface area (Å²) in [6, 6.07) is 13.8. The van der Waals surface area contributed by atoms with Gasteiger partial charge in [0, 0.05) is 11.5 Å². The number of nitrogens with zero attached hydrogens (tertiary/aromatic N) is 1. The summed E-state index contributed by atoms with van der Waals surface area (Å²) in [7, 11) is 0. The summed E-state index contributed by atoms with van der Waals surface area (Å²) in [5, 5.41) is 0.649. The third-order valence-corrected chi connectivity index (χ3v) is 3.52. The van der Waals surface area contributed by atoms with Gasteiger partial charge in [-0.1, -0.05) is 41.9 Å². The Balaban J connectivity index is 1.94. The van der Waals surface area contributed by atoms with E-state index in [0.717, 1.165) is 5.56 Å². The van der Waals surface area contributed by atoms with E-state index in [1.54, 1.807) is 6.07 Å². The number of hydrogen-bond donors (Lipinski definition) is 0. The van der Waals surface area contributed by atoms with Crippen LogP contribution in [0.25, 0.3) is 10.9 Å². The van der Waals surface area contributed by atoms with Gasteiger partial charge in [-0.25, -0.2) is 9.37 Å². The van der Waals surface area contributed by atoms with Crippen LogP contribution >= 0.6 is 11.6 Å². The highest BCUT2D eigenvalue weighted by atomic mass is 35.5. The molecule has 3 nitrogen and oxygen atoms in total. The Bertz CT molecular complexity index is 837. The summed E-state index contributed by atoms with van der Waals surface area (Å²) in [5.41, 5.74) is 1.57. The summed E-state index contributed by atoms with van der Waals surface area (Å²) < 4.78 is 19.6. The molecule has 0 atom stereocenters. The minimum atomic E-state index is -0.522. The van der Waals surface area contributed by atoms with E-state index in [-0.39, 0.29) is 23.1 Å². The van der Waals surface area contributed by atoms with Crippen LogP contribution in [-0.2, 0) is 6.61 Å². The Morgan fingerprint density at radius 1 is 1.18 bits per heavy atom. The summed E-state index contributed by atoms with van der Waals surface area (Å²) >= 11 is 5.84. The first kappa shape index (κ1) is 14.5. The van der Waals surface area contributed by atoms with Gasteiger partial charge in [-0.05, 0) is 17.7 Å². The third kappa shape index (κ3) is 2.92. The second-order valence-corrected chi connectivity index (χ2v) is 5.09. The number of rotatable bonds is 4. The van der Waals surface area contributed by atoms with Crippen LogP contribution in [-0.4, -0.2) is 11.3 Å². The van der Waals surface area contributed by atoms with Crippen molar-refractivity contribution in [1.29, 1.82) is 0 Å². The molecule has 110 valence electrons. The fourth-order valence-corrected chi connectivity index (χ4v) is 2.29. The summed E-state index contributed by atoms with van der Waals surface area (Å²) in [4.78, 5) is 14.9. The van der Waals surface area contributed by atoms with E-state index in [1.165, 1.54) is 12.1 Å². The Kier molecular flexibility index (Phi) is 4.02. The molecule has 2 aromatic carbocycles. The molecule has 1 aromatic heterocycles. The predicted octanol–water partition coefficient (Wildman–Crippen LogP) is 4.42. The van der Waals surface area contributed by atoms with Gasteiger partial charge in [0.25, 0.3) is 0 Å². The lowest BCUT2D eigenvalue weighted by molar-refractivity contribution is 0.112.